The van der Waals surface area contributed by atoms with E-state index in [1.54, 1.807) is 7.05 Å². The van der Waals surface area contributed by atoms with E-state index in [0.29, 0.717) is 5.96 Å². The van der Waals surface area contributed by atoms with Crippen LogP contribution in [0.25, 0.3) is 0 Å². The minimum absolute atomic E-state index is 0.152. The van der Waals surface area contributed by atoms with Crippen molar-refractivity contribution in [2.45, 2.75) is 25.1 Å². The molecule has 1 aliphatic rings. The Bertz CT molecular complexity index is 548. The predicted octanol–water partition coefficient (Wildman–Crippen LogP) is 3.15. The molecule has 23 heavy (non-hydrogen) atoms. The number of halogens is 4. The van der Waals surface area contributed by atoms with Crippen LogP contribution >= 0.6 is 15.9 Å². The van der Waals surface area contributed by atoms with E-state index >= 15 is 0 Å². The smallest absolute Gasteiger partial charge is 0.368 e. The fourth-order valence-corrected chi connectivity index (χ4v) is 3.05. The molecule has 1 heterocycles. The lowest BCUT2D eigenvalue weighted by molar-refractivity contribution is -0.132. The fraction of sp³-hybridized carbons (Fsp3) is 0.533. The molecule has 0 amide bonds. The van der Waals surface area contributed by atoms with Crippen LogP contribution in [-0.4, -0.2) is 44.9 Å². The summed E-state index contributed by atoms with van der Waals surface area (Å²) < 4.78 is 37.6. The van der Waals surface area contributed by atoms with Gasteiger partial charge in [0.2, 0.25) is 0 Å². The largest absolute Gasteiger partial charge is 0.390 e. The Kier molecular flexibility index (Phi) is 6.15. The third kappa shape index (κ3) is 5.60. The van der Waals surface area contributed by atoms with Gasteiger partial charge in [0.15, 0.2) is 5.96 Å². The molecule has 1 atom stereocenters. The van der Waals surface area contributed by atoms with E-state index in [1.807, 2.05) is 24.3 Å². The molecule has 1 saturated heterocycles. The van der Waals surface area contributed by atoms with Crippen LogP contribution in [0, 0.1) is 0 Å². The molecule has 1 aliphatic heterocycles. The summed E-state index contributed by atoms with van der Waals surface area (Å²) in [4.78, 5) is 6.23. The van der Waals surface area contributed by atoms with Gasteiger partial charge in [0.1, 0.15) is 0 Å². The molecule has 2 rings (SSSR count). The van der Waals surface area contributed by atoms with Gasteiger partial charge in [-0.25, -0.2) is 0 Å². The highest BCUT2D eigenvalue weighted by molar-refractivity contribution is 9.10. The second-order valence-electron chi connectivity index (χ2n) is 5.39. The van der Waals surface area contributed by atoms with Crippen LogP contribution in [0.5, 0.6) is 0 Å². The first-order valence-electron chi connectivity index (χ1n) is 7.42. The lowest BCUT2D eigenvalue weighted by Crippen LogP contribution is -2.45. The number of para-hydroxylation sites is 1. The SMILES string of the molecule is CN=C(NCCC(F)(F)F)NC1CCN(c2ccccc2Br)C1. The molecule has 128 valence electrons. The Morgan fingerprint density at radius 2 is 2.13 bits per heavy atom. The van der Waals surface area contributed by atoms with E-state index in [4.69, 9.17) is 0 Å². The number of aliphatic imine (C=N–C) groups is 1. The Morgan fingerprint density at radius 1 is 1.39 bits per heavy atom. The highest BCUT2D eigenvalue weighted by Gasteiger charge is 2.27. The van der Waals surface area contributed by atoms with Crippen LogP contribution in [0.15, 0.2) is 33.7 Å². The number of nitrogens with zero attached hydrogens (tertiary/aromatic N) is 2. The van der Waals surface area contributed by atoms with Gasteiger partial charge in [-0.15, -0.1) is 0 Å². The molecule has 1 unspecified atom stereocenters. The van der Waals surface area contributed by atoms with Crippen LogP contribution < -0.4 is 15.5 Å². The van der Waals surface area contributed by atoms with Crippen molar-refractivity contribution >= 4 is 27.6 Å². The molecule has 0 saturated carbocycles. The molecule has 2 N–H and O–H groups in total. The zero-order valence-electron chi connectivity index (χ0n) is 12.8. The number of hydrogen-bond donors (Lipinski definition) is 2. The van der Waals surface area contributed by atoms with Gasteiger partial charge in [-0.2, -0.15) is 13.2 Å². The van der Waals surface area contributed by atoms with Gasteiger partial charge in [0.25, 0.3) is 0 Å². The van der Waals surface area contributed by atoms with Gasteiger partial charge in [0.05, 0.1) is 12.1 Å². The molecule has 1 fully saturated rings. The molecule has 8 heteroatoms. The molecule has 0 aliphatic carbocycles. The Hall–Kier alpha value is -1.44. The summed E-state index contributed by atoms with van der Waals surface area (Å²) in [6.07, 6.45) is -4.13. The summed E-state index contributed by atoms with van der Waals surface area (Å²) in [6.45, 7) is 1.49. The quantitative estimate of drug-likeness (QED) is 0.610. The van der Waals surface area contributed by atoms with Gasteiger partial charge in [-0.3, -0.25) is 4.99 Å². The highest BCUT2D eigenvalue weighted by Crippen LogP contribution is 2.28. The number of hydrogen-bond acceptors (Lipinski definition) is 2. The molecule has 0 bridgehead atoms. The van der Waals surface area contributed by atoms with Gasteiger partial charge in [-0.05, 0) is 34.5 Å². The molecule has 0 aromatic heterocycles. The molecular formula is C15H20BrF3N4. The van der Waals surface area contributed by atoms with E-state index in [1.165, 1.54) is 0 Å². The average Bonchev–Trinajstić information content (AvgIpc) is 2.93. The van der Waals surface area contributed by atoms with Crippen LogP contribution in [0.1, 0.15) is 12.8 Å². The normalized spacial score (nSPS) is 19.1. The van der Waals surface area contributed by atoms with Crippen molar-refractivity contribution < 1.29 is 13.2 Å². The standard InChI is InChI=1S/C15H20BrF3N4/c1-20-14(21-8-7-15(17,18)19)22-11-6-9-23(10-11)13-5-3-2-4-12(13)16/h2-5,11H,6-10H2,1H3,(H2,20,21,22). The summed E-state index contributed by atoms with van der Waals surface area (Å²) in [5.74, 6) is 0.410. The number of alkyl halides is 3. The monoisotopic (exact) mass is 392 g/mol. The van der Waals surface area contributed by atoms with Crippen molar-refractivity contribution in [2.24, 2.45) is 4.99 Å². The Morgan fingerprint density at radius 3 is 2.78 bits per heavy atom. The zero-order chi connectivity index (χ0) is 16.9. The van der Waals surface area contributed by atoms with Crippen molar-refractivity contribution in [3.63, 3.8) is 0 Å². The van der Waals surface area contributed by atoms with Crippen LogP contribution in [0.3, 0.4) is 0 Å². The van der Waals surface area contributed by atoms with E-state index < -0.39 is 12.6 Å². The van der Waals surface area contributed by atoms with Gasteiger partial charge in [-0.1, -0.05) is 12.1 Å². The number of anilines is 1. The first kappa shape index (κ1) is 17.9. The summed E-state index contributed by atoms with van der Waals surface area (Å²) in [5.41, 5.74) is 1.12. The zero-order valence-corrected chi connectivity index (χ0v) is 14.4. The van der Waals surface area contributed by atoms with Crippen LogP contribution in [0.2, 0.25) is 0 Å². The topological polar surface area (TPSA) is 39.7 Å². The Balaban J connectivity index is 1.83. The predicted molar refractivity (Wildman–Crippen MR) is 89.9 cm³/mol. The van der Waals surface area contributed by atoms with Gasteiger partial charge >= 0.3 is 6.18 Å². The second-order valence-corrected chi connectivity index (χ2v) is 6.25. The minimum atomic E-state index is -4.16. The average molecular weight is 393 g/mol. The summed E-state index contributed by atoms with van der Waals surface area (Å²) >= 11 is 3.54. The van der Waals surface area contributed by atoms with Crippen LogP contribution in [-0.2, 0) is 0 Å². The maximum atomic E-state index is 12.2. The minimum Gasteiger partial charge on any atom is -0.368 e. The first-order valence-corrected chi connectivity index (χ1v) is 8.22. The van der Waals surface area contributed by atoms with E-state index in [2.05, 4.69) is 36.5 Å². The highest BCUT2D eigenvalue weighted by atomic mass is 79.9. The molecule has 0 spiro atoms. The van der Waals surface area contributed by atoms with Crippen LogP contribution in [0.4, 0.5) is 18.9 Å². The van der Waals surface area contributed by atoms with Crippen molar-refractivity contribution in [2.75, 3.05) is 31.6 Å². The van der Waals surface area contributed by atoms with Gasteiger partial charge < -0.3 is 15.5 Å². The number of guanidine groups is 1. The molecular weight excluding hydrogens is 373 g/mol. The summed E-state index contributed by atoms with van der Waals surface area (Å²) in [7, 11) is 1.56. The molecule has 4 nitrogen and oxygen atoms in total. The lowest BCUT2D eigenvalue weighted by atomic mass is 10.2. The van der Waals surface area contributed by atoms with Gasteiger partial charge in [0, 0.05) is 37.2 Å². The number of rotatable bonds is 4. The third-order valence-corrected chi connectivity index (χ3v) is 4.32. The van der Waals surface area contributed by atoms with Crippen molar-refractivity contribution in [3.8, 4) is 0 Å². The molecule has 0 radical (unpaired) electrons. The maximum Gasteiger partial charge on any atom is 0.390 e. The maximum absolute atomic E-state index is 12.2. The van der Waals surface area contributed by atoms with E-state index in [0.717, 1.165) is 29.7 Å². The van der Waals surface area contributed by atoms with E-state index in [-0.39, 0.29) is 12.6 Å². The second kappa shape index (κ2) is 7.90. The number of benzene rings is 1. The lowest BCUT2D eigenvalue weighted by Gasteiger charge is -2.21. The Labute approximate surface area is 142 Å². The van der Waals surface area contributed by atoms with Crippen molar-refractivity contribution in [1.82, 2.24) is 10.6 Å². The molecule has 1 aromatic rings. The molecule has 1 aromatic carbocycles. The van der Waals surface area contributed by atoms with Crippen molar-refractivity contribution in [3.05, 3.63) is 28.7 Å². The third-order valence-electron chi connectivity index (χ3n) is 3.65. The number of nitrogens with one attached hydrogen (secondary N) is 2. The summed E-state index contributed by atoms with van der Waals surface area (Å²) in [6, 6.07) is 8.14. The first-order chi connectivity index (χ1) is 10.9. The fourth-order valence-electron chi connectivity index (χ4n) is 2.52. The van der Waals surface area contributed by atoms with Crippen molar-refractivity contribution in [1.29, 1.82) is 0 Å². The summed E-state index contributed by atoms with van der Waals surface area (Å²) in [5, 5.41) is 5.90. The van der Waals surface area contributed by atoms with E-state index in [9.17, 15) is 13.2 Å².